The van der Waals surface area contributed by atoms with Gasteiger partial charge in [-0.05, 0) is 42.2 Å². The Bertz CT molecular complexity index is 911. The molecule has 28 heavy (non-hydrogen) atoms. The van der Waals surface area contributed by atoms with Gasteiger partial charge in [-0.2, -0.15) is 0 Å². The van der Waals surface area contributed by atoms with E-state index >= 15 is 0 Å². The number of ether oxygens (including phenoxy) is 2. The Balaban J connectivity index is 2.05. The third kappa shape index (κ3) is 5.93. The molecule has 0 spiro atoms. The van der Waals surface area contributed by atoms with Crippen molar-refractivity contribution < 1.29 is 22.8 Å². The van der Waals surface area contributed by atoms with E-state index in [1.807, 2.05) is 0 Å². The molecular weight excluding hydrogens is 384 g/mol. The van der Waals surface area contributed by atoms with E-state index in [2.05, 4.69) is 18.6 Å². The molecule has 0 bridgehead atoms. The Morgan fingerprint density at radius 1 is 1.11 bits per heavy atom. The number of rotatable bonds is 10. The molecule has 0 fully saturated rings. The molecule has 0 aromatic heterocycles. The van der Waals surface area contributed by atoms with Crippen LogP contribution in [-0.4, -0.2) is 27.1 Å². The van der Waals surface area contributed by atoms with E-state index in [4.69, 9.17) is 9.47 Å². The van der Waals surface area contributed by atoms with Crippen LogP contribution in [0, 0.1) is 16.0 Å². The second kappa shape index (κ2) is 9.52. The molecule has 0 amide bonds. The number of nitro benzene ring substituents is 1. The number of hydrogen-bond donors (Lipinski definition) is 1. The Kier molecular flexibility index (Phi) is 7.36. The normalized spacial score (nSPS) is 11.4. The van der Waals surface area contributed by atoms with E-state index in [1.165, 1.54) is 19.2 Å². The topological polar surface area (TPSA) is 108 Å². The first-order chi connectivity index (χ1) is 13.2. The maximum atomic E-state index is 12.4. The molecule has 0 radical (unpaired) electrons. The zero-order valence-electron chi connectivity index (χ0n) is 16.0. The standard InChI is InChI=1S/C19H24N2O6S/c1-14(2)10-11-27-18-9-4-15(12-19(18)26-3)13-20-28(24,25)17-7-5-16(6-8-17)21(22)23/h4-9,12,14,20H,10-11,13H2,1-3H3. The molecule has 0 aliphatic carbocycles. The lowest BCUT2D eigenvalue weighted by molar-refractivity contribution is -0.384. The molecule has 0 saturated heterocycles. The number of nitro groups is 1. The summed E-state index contributed by atoms with van der Waals surface area (Å²) in [4.78, 5) is 10.1. The minimum atomic E-state index is -3.80. The molecule has 0 aliphatic rings. The van der Waals surface area contributed by atoms with Crippen molar-refractivity contribution in [2.24, 2.45) is 5.92 Å². The second-order valence-electron chi connectivity index (χ2n) is 6.59. The molecular formula is C19H24N2O6S. The summed E-state index contributed by atoms with van der Waals surface area (Å²) in [5.41, 5.74) is 0.523. The summed E-state index contributed by atoms with van der Waals surface area (Å²) in [5, 5.41) is 10.7. The van der Waals surface area contributed by atoms with Crippen molar-refractivity contribution in [2.75, 3.05) is 13.7 Å². The number of benzene rings is 2. The first-order valence-corrected chi connectivity index (χ1v) is 10.2. The van der Waals surface area contributed by atoms with Gasteiger partial charge in [0.2, 0.25) is 10.0 Å². The van der Waals surface area contributed by atoms with E-state index in [0.29, 0.717) is 29.6 Å². The zero-order valence-corrected chi connectivity index (χ0v) is 16.9. The highest BCUT2D eigenvalue weighted by Crippen LogP contribution is 2.28. The maximum Gasteiger partial charge on any atom is 0.269 e. The van der Waals surface area contributed by atoms with Crippen molar-refractivity contribution in [2.45, 2.75) is 31.7 Å². The fourth-order valence-corrected chi connectivity index (χ4v) is 3.37. The highest BCUT2D eigenvalue weighted by Gasteiger charge is 2.16. The monoisotopic (exact) mass is 408 g/mol. The summed E-state index contributed by atoms with van der Waals surface area (Å²) in [5.74, 6) is 1.65. The number of hydrogen-bond acceptors (Lipinski definition) is 6. The third-order valence-electron chi connectivity index (χ3n) is 4.00. The number of sulfonamides is 1. The molecule has 0 aliphatic heterocycles. The second-order valence-corrected chi connectivity index (χ2v) is 8.36. The van der Waals surface area contributed by atoms with Crippen LogP contribution >= 0.6 is 0 Å². The molecule has 0 unspecified atom stereocenters. The summed E-state index contributed by atoms with van der Waals surface area (Å²) in [6.45, 7) is 4.84. The van der Waals surface area contributed by atoms with Crippen LogP contribution in [0.25, 0.3) is 0 Å². The predicted molar refractivity (Wildman–Crippen MR) is 105 cm³/mol. The van der Waals surface area contributed by atoms with Gasteiger partial charge in [0.1, 0.15) is 0 Å². The Hall–Kier alpha value is -2.65. The Morgan fingerprint density at radius 2 is 1.79 bits per heavy atom. The van der Waals surface area contributed by atoms with Crippen molar-refractivity contribution >= 4 is 15.7 Å². The molecule has 2 aromatic rings. The van der Waals surface area contributed by atoms with Crippen LogP contribution in [0.15, 0.2) is 47.4 Å². The van der Waals surface area contributed by atoms with E-state index < -0.39 is 14.9 Å². The minimum Gasteiger partial charge on any atom is -0.493 e. The van der Waals surface area contributed by atoms with Gasteiger partial charge in [-0.15, -0.1) is 0 Å². The van der Waals surface area contributed by atoms with Gasteiger partial charge in [0, 0.05) is 18.7 Å². The molecule has 1 N–H and O–H groups in total. The average Bonchev–Trinajstić information content (AvgIpc) is 2.66. The minimum absolute atomic E-state index is 0.0429. The molecule has 9 heteroatoms. The van der Waals surface area contributed by atoms with Gasteiger partial charge >= 0.3 is 0 Å². The van der Waals surface area contributed by atoms with Crippen LogP contribution < -0.4 is 14.2 Å². The van der Waals surface area contributed by atoms with E-state index in [0.717, 1.165) is 18.6 Å². The smallest absolute Gasteiger partial charge is 0.269 e. The lowest BCUT2D eigenvalue weighted by Crippen LogP contribution is -2.23. The predicted octanol–water partition coefficient (Wildman–Crippen LogP) is 3.51. The molecule has 2 rings (SSSR count). The lowest BCUT2D eigenvalue weighted by Gasteiger charge is -2.13. The number of nitrogens with zero attached hydrogens (tertiary/aromatic N) is 1. The van der Waals surface area contributed by atoms with E-state index in [1.54, 1.807) is 18.2 Å². The van der Waals surface area contributed by atoms with Crippen LogP contribution in [0.2, 0.25) is 0 Å². The summed E-state index contributed by atoms with van der Waals surface area (Å²) in [6, 6.07) is 9.92. The number of nitrogens with one attached hydrogen (secondary N) is 1. The first-order valence-electron chi connectivity index (χ1n) is 8.76. The molecule has 2 aromatic carbocycles. The fourth-order valence-electron chi connectivity index (χ4n) is 2.35. The first kappa shape index (κ1) is 21.6. The number of methoxy groups -OCH3 is 1. The molecule has 0 heterocycles. The van der Waals surface area contributed by atoms with Gasteiger partial charge < -0.3 is 9.47 Å². The zero-order chi connectivity index (χ0) is 20.7. The fraction of sp³-hybridized carbons (Fsp3) is 0.368. The van der Waals surface area contributed by atoms with Gasteiger partial charge in [-0.1, -0.05) is 19.9 Å². The third-order valence-corrected chi connectivity index (χ3v) is 5.42. The van der Waals surface area contributed by atoms with Gasteiger partial charge in [0.15, 0.2) is 11.5 Å². The van der Waals surface area contributed by atoms with Crippen LogP contribution in [0.5, 0.6) is 11.5 Å². The van der Waals surface area contributed by atoms with E-state index in [9.17, 15) is 18.5 Å². The summed E-state index contributed by atoms with van der Waals surface area (Å²) >= 11 is 0. The summed E-state index contributed by atoms with van der Waals surface area (Å²) in [7, 11) is -2.28. The van der Waals surface area contributed by atoms with Gasteiger partial charge in [-0.25, -0.2) is 13.1 Å². The molecule has 8 nitrogen and oxygen atoms in total. The molecule has 152 valence electrons. The molecule has 0 atom stereocenters. The van der Waals surface area contributed by atoms with Crippen molar-refractivity contribution in [3.8, 4) is 11.5 Å². The van der Waals surface area contributed by atoms with Crippen LogP contribution in [0.3, 0.4) is 0 Å². The largest absolute Gasteiger partial charge is 0.493 e. The van der Waals surface area contributed by atoms with Crippen LogP contribution in [0.1, 0.15) is 25.8 Å². The Labute approximate surface area is 164 Å². The van der Waals surface area contributed by atoms with Crippen molar-refractivity contribution in [1.82, 2.24) is 4.72 Å². The van der Waals surface area contributed by atoms with Crippen molar-refractivity contribution in [1.29, 1.82) is 0 Å². The number of non-ortho nitro benzene ring substituents is 1. The highest BCUT2D eigenvalue weighted by atomic mass is 32.2. The highest BCUT2D eigenvalue weighted by molar-refractivity contribution is 7.89. The maximum absolute atomic E-state index is 12.4. The SMILES string of the molecule is COc1cc(CNS(=O)(=O)c2ccc([N+](=O)[O-])cc2)ccc1OCCC(C)C. The lowest BCUT2D eigenvalue weighted by atomic mass is 10.1. The summed E-state index contributed by atoms with van der Waals surface area (Å²) < 4.78 is 38.3. The van der Waals surface area contributed by atoms with Gasteiger partial charge in [0.05, 0.1) is 23.5 Å². The Morgan fingerprint density at radius 3 is 2.36 bits per heavy atom. The van der Waals surface area contributed by atoms with Crippen molar-refractivity contribution in [3.05, 3.63) is 58.1 Å². The van der Waals surface area contributed by atoms with E-state index in [-0.39, 0.29) is 17.1 Å². The summed E-state index contributed by atoms with van der Waals surface area (Å²) in [6.07, 6.45) is 0.917. The average molecular weight is 408 g/mol. The van der Waals surface area contributed by atoms with Crippen LogP contribution in [-0.2, 0) is 16.6 Å². The van der Waals surface area contributed by atoms with Gasteiger partial charge in [0.25, 0.3) is 5.69 Å². The molecule has 0 saturated carbocycles. The van der Waals surface area contributed by atoms with Gasteiger partial charge in [-0.3, -0.25) is 10.1 Å². The van der Waals surface area contributed by atoms with Crippen LogP contribution in [0.4, 0.5) is 5.69 Å². The van der Waals surface area contributed by atoms with Crippen molar-refractivity contribution in [3.63, 3.8) is 0 Å². The quantitative estimate of drug-likeness (QED) is 0.476.